The van der Waals surface area contributed by atoms with Crippen LogP contribution >= 0.6 is 12.4 Å². The summed E-state index contributed by atoms with van der Waals surface area (Å²) in [4.78, 5) is 13.9. The van der Waals surface area contributed by atoms with Crippen LogP contribution in [0.2, 0.25) is 0 Å². The van der Waals surface area contributed by atoms with Gasteiger partial charge in [0, 0.05) is 13.1 Å². The van der Waals surface area contributed by atoms with Crippen molar-refractivity contribution in [3.8, 4) is 0 Å². The summed E-state index contributed by atoms with van der Waals surface area (Å²) in [5, 5.41) is 5.80. The zero-order chi connectivity index (χ0) is 12.1. The molecule has 100 valence electrons. The number of carbonyl (C=O) groups is 1. The van der Waals surface area contributed by atoms with Crippen molar-refractivity contribution in [1.29, 1.82) is 0 Å². The summed E-state index contributed by atoms with van der Waals surface area (Å²) in [6, 6.07) is 8.00. The van der Waals surface area contributed by atoms with E-state index in [1.54, 1.807) is 7.05 Å². The molecule has 0 spiro atoms. The Bertz CT molecular complexity index is 392. The number of rotatable bonds is 4. The summed E-state index contributed by atoms with van der Waals surface area (Å²) in [5.74, 6) is -0.000790. The number of nitrogens with one attached hydrogen (secondary N) is 2. The van der Waals surface area contributed by atoms with Crippen LogP contribution in [0.3, 0.4) is 0 Å². The smallest absolute Gasteiger partial charge is 0.238 e. The summed E-state index contributed by atoms with van der Waals surface area (Å²) in [7, 11) is 1.77. The number of nitrogens with zero attached hydrogens (tertiary/aromatic N) is 1. The number of halogens is 1. The Morgan fingerprint density at radius 2 is 1.94 bits per heavy atom. The molecule has 0 radical (unpaired) electrons. The molecular weight excluding hydrogens is 250 g/mol. The molecule has 5 heteroatoms. The van der Waals surface area contributed by atoms with E-state index >= 15 is 0 Å². The van der Waals surface area contributed by atoms with Gasteiger partial charge in [-0.3, -0.25) is 4.79 Å². The molecule has 0 aliphatic carbocycles. The number of hydrogen-bond donors (Lipinski definition) is 2. The molecule has 1 saturated heterocycles. The highest BCUT2D eigenvalue weighted by Crippen LogP contribution is 2.28. The van der Waals surface area contributed by atoms with E-state index in [0.717, 1.165) is 24.5 Å². The molecule has 4 nitrogen and oxygen atoms in total. The van der Waals surface area contributed by atoms with Crippen molar-refractivity contribution in [3.05, 3.63) is 24.3 Å². The standard InChI is InChI=1S/C13H19N3O.ClH/c1-14-10-13(17)15-11-6-2-3-7-12(11)16-8-4-5-9-16;/h2-3,6-7,14H,4-5,8-10H2,1H3,(H,15,17);1H. The quantitative estimate of drug-likeness (QED) is 0.877. The molecule has 0 aromatic heterocycles. The number of anilines is 2. The minimum atomic E-state index is -0.000790. The largest absolute Gasteiger partial charge is 0.370 e. The van der Waals surface area contributed by atoms with E-state index in [-0.39, 0.29) is 18.3 Å². The lowest BCUT2D eigenvalue weighted by molar-refractivity contribution is -0.115. The van der Waals surface area contributed by atoms with E-state index in [2.05, 4.69) is 21.6 Å². The first-order valence-electron chi connectivity index (χ1n) is 6.09. The second-order valence-electron chi connectivity index (χ2n) is 4.29. The monoisotopic (exact) mass is 269 g/mol. The summed E-state index contributed by atoms with van der Waals surface area (Å²) in [6.45, 7) is 2.51. The zero-order valence-electron chi connectivity index (χ0n) is 10.6. The number of amides is 1. The van der Waals surface area contributed by atoms with Crippen LogP contribution in [0.25, 0.3) is 0 Å². The lowest BCUT2D eigenvalue weighted by Gasteiger charge is -2.21. The second kappa shape index (κ2) is 7.24. The van der Waals surface area contributed by atoms with Crippen molar-refractivity contribution >= 4 is 29.7 Å². The lowest BCUT2D eigenvalue weighted by Crippen LogP contribution is -2.26. The Morgan fingerprint density at radius 1 is 1.28 bits per heavy atom. The van der Waals surface area contributed by atoms with Crippen molar-refractivity contribution in [2.24, 2.45) is 0 Å². The highest BCUT2D eigenvalue weighted by molar-refractivity contribution is 5.95. The van der Waals surface area contributed by atoms with Crippen molar-refractivity contribution in [1.82, 2.24) is 5.32 Å². The van der Waals surface area contributed by atoms with Crippen LogP contribution in [0.1, 0.15) is 12.8 Å². The van der Waals surface area contributed by atoms with Gasteiger partial charge in [-0.25, -0.2) is 0 Å². The number of hydrogen-bond acceptors (Lipinski definition) is 3. The highest BCUT2D eigenvalue weighted by Gasteiger charge is 2.16. The van der Waals surface area contributed by atoms with Crippen LogP contribution in [0.4, 0.5) is 11.4 Å². The van der Waals surface area contributed by atoms with Gasteiger partial charge >= 0.3 is 0 Å². The molecule has 0 saturated carbocycles. The second-order valence-corrected chi connectivity index (χ2v) is 4.29. The van der Waals surface area contributed by atoms with Gasteiger partial charge in [0.25, 0.3) is 0 Å². The summed E-state index contributed by atoms with van der Waals surface area (Å²) in [6.07, 6.45) is 2.47. The summed E-state index contributed by atoms with van der Waals surface area (Å²) >= 11 is 0. The van der Waals surface area contributed by atoms with E-state index in [4.69, 9.17) is 0 Å². The molecule has 1 fully saturated rings. The summed E-state index contributed by atoms with van der Waals surface area (Å²) < 4.78 is 0. The fourth-order valence-electron chi connectivity index (χ4n) is 2.17. The van der Waals surface area contributed by atoms with Crippen LogP contribution in [0.15, 0.2) is 24.3 Å². The molecule has 0 bridgehead atoms. The van der Waals surface area contributed by atoms with Gasteiger partial charge < -0.3 is 15.5 Å². The average molecular weight is 270 g/mol. The molecule has 0 unspecified atom stereocenters. The maximum Gasteiger partial charge on any atom is 0.238 e. The number of benzene rings is 1. The zero-order valence-corrected chi connectivity index (χ0v) is 11.4. The topological polar surface area (TPSA) is 44.4 Å². The van der Waals surface area contributed by atoms with Gasteiger partial charge in [0.15, 0.2) is 0 Å². The van der Waals surface area contributed by atoms with Gasteiger partial charge in [-0.2, -0.15) is 0 Å². The average Bonchev–Trinajstić information content (AvgIpc) is 2.83. The van der Waals surface area contributed by atoms with Gasteiger partial charge in [0.05, 0.1) is 17.9 Å². The third kappa shape index (κ3) is 3.62. The van der Waals surface area contributed by atoms with Crippen LogP contribution in [-0.2, 0) is 4.79 Å². The van der Waals surface area contributed by atoms with Crippen LogP contribution in [0.5, 0.6) is 0 Å². The molecule has 0 atom stereocenters. The Kier molecular flexibility index (Phi) is 5.95. The molecular formula is C13H20ClN3O. The molecule has 2 rings (SSSR count). The Hall–Kier alpha value is -1.26. The minimum absolute atomic E-state index is 0. The third-order valence-electron chi connectivity index (χ3n) is 2.96. The number of carbonyl (C=O) groups excluding carboxylic acids is 1. The molecule has 1 aromatic carbocycles. The fourth-order valence-corrected chi connectivity index (χ4v) is 2.17. The van der Waals surface area contributed by atoms with Gasteiger partial charge in [-0.1, -0.05) is 12.1 Å². The van der Waals surface area contributed by atoms with Gasteiger partial charge in [-0.05, 0) is 32.0 Å². The Balaban J connectivity index is 0.00000162. The molecule has 1 aliphatic heterocycles. The van der Waals surface area contributed by atoms with E-state index in [0.29, 0.717) is 6.54 Å². The maximum atomic E-state index is 11.6. The van der Waals surface area contributed by atoms with Crippen molar-refractivity contribution < 1.29 is 4.79 Å². The molecule has 1 amide bonds. The Morgan fingerprint density at radius 3 is 2.61 bits per heavy atom. The minimum Gasteiger partial charge on any atom is -0.370 e. The lowest BCUT2D eigenvalue weighted by atomic mass is 10.2. The van der Waals surface area contributed by atoms with E-state index in [1.807, 2.05) is 18.2 Å². The van der Waals surface area contributed by atoms with Gasteiger partial charge in [-0.15, -0.1) is 12.4 Å². The summed E-state index contributed by atoms with van der Waals surface area (Å²) in [5.41, 5.74) is 2.05. The van der Waals surface area contributed by atoms with Crippen molar-refractivity contribution in [2.45, 2.75) is 12.8 Å². The first kappa shape index (κ1) is 14.8. The van der Waals surface area contributed by atoms with Crippen LogP contribution < -0.4 is 15.5 Å². The fraction of sp³-hybridized carbons (Fsp3) is 0.462. The molecule has 1 heterocycles. The first-order chi connectivity index (χ1) is 8.31. The predicted molar refractivity (Wildman–Crippen MR) is 77.7 cm³/mol. The van der Waals surface area contributed by atoms with Gasteiger partial charge in [0.2, 0.25) is 5.91 Å². The Labute approximate surface area is 114 Å². The van der Waals surface area contributed by atoms with Crippen molar-refractivity contribution in [2.75, 3.05) is 36.9 Å². The third-order valence-corrected chi connectivity index (χ3v) is 2.96. The van der Waals surface area contributed by atoms with E-state index < -0.39 is 0 Å². The molecule has 2 N–H and O–H groups in total. The van der Waals surface area contributed by atoms with Crippen LogP contribution in [0, 0.1) is 0 Å². The number of likely N-dealkylation sites (N-methyl/N-ethyl adjacent to an activating group) is 1. The van der Waals surface area contributed by atoms with E-state index in [1.165, 1.54) is 12.8 Å². The highest BCUT2D eigenvalue weighted by atomic mass is 35.5. The first-order valence-corrected chi connectivity index (χ1v) is 6.09. The predicted octanol–water partition coefficient (Wildman–Crippen LogP) is 1.87. The SMILES string of the molecule is CNCC(=O)Nc1ccccc1N1CCCC1.Cl. The molecule has 1 aromatic rings. The maximum absolute atomic E-state index is 11.6. The van der Waals surface area contributed by atoms with Crippen LogP contribution in [-0.4, -0.2) is 32.6 Å². The van der Waals surface area contributed by atoms with E-state index in [9.17, 15) is 4.79 Å². The van der Waals surface area contributed by atoms with Crippen molar-refractivity contribution in [3.63, 3.8) is 0 Å². The molecule has 18 heavy (non-hydrogen) atoms. The van der Waals surface area contributed by atoms with Gasteiger partial charge in [0.1, 0.15) is 0 Å². The number of para-hydroxylation sites is 2. The normalized spacial score (nSPS) is 14.2. The molecule has 1 aliphatic rings.